The number of hydrogen-bond acceptors (Lipinski definition) is 11. The van der Waals surface area contributed by atoms with Crippen LogP contribution >= 0.6 is 0 Å². The normalized spacial score (nSPS) is 11.7. The number of nitrogens with zero attached hydrogens (tertiary/aromatic N) is 1. The molecule has 182 valence electrons. The molecular weight excluding hydrogens is 470 g/mol. The molecule has 0 amide bonds. The minimum Gasteiger partial charge on any atom is -0.384 e. The Balaban J connectivity index is 0.00000129. The predicted octanol–water partition coefficient (Wildman–Crippen LogP) is -0.414. The van der Waals surface area contributed by atoms with Crippen LogP contribution in [0.15, 0.2) is 40.1 Å². The summed E-state index contributed by atoms with van der Waals surface area (Å²) in [6.45, 7) is 4.05. The van der Waals surface area contributed by atoms with Gasteiger partial charge in [-0.25, -0.2) is 4.98 Å². The van der Waals surface area contributed by atoms with Crippen LogP contribution in [-0.2, 0) is 25.2 Å². The van der Waals surface area contributed by atoms with E-state index in [1.807, 2.05) is 13.8 Å². The summed E-state index contributed by atoms with van der Waals surface area (Å²) in [5.74, 6) is 12.6. The molecule has 15 heteroatoms. The lowest BCUT2D eigenvalue weighted by molar-refractivity contribution is 0.331. The lowest BCUT2D eigenvalue weighted by atomic mass is 9.97. The first-order chi connectivity index (χ1) is 15.7. The fourth-order valence-electron chi connectivity index (χ4n) is 3.02. The number of H-pyrrole nitrogens is 1. The Bertz CT molecular complexity index is 1240. The zero-order chi connectivity index (χ0) is 25.3. The Morgan fingerprint density at radius 2 is 1.82 bits per heavy atom. The third-order valence-electron chi connectivity index (χ3n) is 4.14. The fourth-order valence-corrected chi connectivity index (χ4v) is 5.44. The number of hydrazine groups is 1. The van der Waals surface area contributed by atoms with E-state index in [2.05, 4.69) is 25.9 Å². The molecule has 1 aromatic heterocycles. The van der Waals surface area contributed by atoms with E-state index in [1.54, 1.807) is 18.2 Å². The summed E-state index contributed by atoms with van der Waals surface area (Å²) in [5.41, 5.74) is 18.5. The van der Waals surface area contributed by atoms with E-state index in [0.717, 1.165) is 0 Å². The van der Waals surface area contributed by atoms with E-state index >= 15 is 0 Å². The number of hydrogen-bond donors (Lipinski definition) is 8. The van der Waals surface area contributed by atoms with Gasteiger partial charge in [0.1, 0.15) is 10.7 Å². The minimum absolute atomic E-state index is 0.00470. The molecule has 0 saturated heterocycles. The van der Waals surface area contributed by atoms with Crippen LogP contribution in [0.5, 0.6) is 0 Å². The van der Waals surface area contributed by atoms with Crippen LogP contribution in [0.1, 0.15) is 19.4 Å². The fraction of sp³-hybridized carbons (Fsp3) is 0.222. The summed E-state index contributed by atoms with van der Waals surface area (Å²) in [6, 6.07) is 7.97. The van der Waals surface area contributed by atoms with E-state index in [1.165, 1.54) is 12.1 Å². The summed E-state index contributed by atoms with van der Waals surface area (Å²) in [4.78, 5) is 6.44. The van der Waals surface area contributed by atoms with Gasteiger partial charge in [-0.05, 0) is 17.7 Å². The maximum Gasteiger partial charge on any atom is 0.314 e. The topological polar surface area (TPSA) is 269 Å². The van der Waals surface area contributed by atoms with Gasteiger partial charge >= 0.3 is 10.1 Å². The molecule has 0 spiro atoms. The molecule has 0 aliphatic carbocycles. The van der Waals surface area contributed by atoms with Crippen molar-refractivity contribution in [3.05, 3.63) is 35.9 Å². The van der Waals surface area contributed by atoms with Gasteiger partial charge in [-0.3, -0.25) is 21.3 Å². The third-order valence-corrected chi connectivity index (χ3v) is 6.88. The van der Waals surface area contributed by atoms with Crippen molar-refractivity contribution in [3.63, 3.8) is 0 Å². The van der Waals surface area contributed by atoms with E-state index in [4.69, 9.17) is 28.5 Å². The second-order valence-electron chi connectivity index (χ2n) is 5.94. The molecule has 1 heterocycles. The van der Waals surface area contributed by atoms with Crippen molar-refractivity contribution in [3.8, 4) is 11.1 Å². The van der Waals surface area contributed by atoms with Crippen LogP contribution in [-0.4, -0.2) is 40.7 Å². The average Bonchev–Trinajstić information content (AvgIpc) is 3.21. The van der Waals surface area contributed by atoms with Gasteiger partial charge in [-0.15, -0.1) is 0 Å². The highest BCUT2D eigenvalue weighted by molar-refractivity contribution is 7.89. The second-order valence-corrected chi connectivity index (χ2v) is 8.99. The van der Waals surface area contributed by atoms with Crippen molar-refractivity contribution < 1.29 is 16.9 Å². The van der Waals surface area contributed by atoms with Gasteiger partial charge in [-0.2, -0.15) is 18.6 Å². The molecule has 13 nitrogen and oxygen atoms in total. The number of fused-ring (bicyclic) bond motifs is 1. The number of imidazole rings is 1. The largest absolute Gasteiger partial charge is 0.384 e. The molecule has 0 fully saturated rings. The molecule has 0 saturated carbocycles. The number of nitrogens with one attached hydrogen (secondary N) is 2. The summed E-state index contributed by atoms with van der Waals surface area (Å²) in [6.07, 6.45) is 0. The quantitative estimate of drug-likeness (QED) is 0.0894. The van der Waals surface area contributed by atoms with Crippen molar-refractivity contribution in [1.29, 1.82) is 5.41 Å². The maximum atomic E-state index is 12.6. The number of aromatic nitrogens is 2. The van der Waals surface area contributed by atoms with E-state index in [0.29, 0.717) is 16.6 Å². The highest BCUT2D eigenvalue weighted by atomic mass is 32.2. The van der Waals surface area contributed by atoms with Gasteiger partial charge in [0.15, 0.2) is 5.95 Å². The first-order valence-electron chi connectivity index (χ1n) is 9.52. The monoisotopic (exact) mass is 499 g/mol. The van der Waals surface area contributed by atoms with Gasteiger partial charge in [0.05, 0.1) is 26.7 Å². The van der Waals surface area contributed by atoms with Crippen molar-refractivity contribution in [2.24, 2.45) is 29.0 Å². The van der Waals surface area contributed by atoms with Crippen molar-refractivity contribution in [1.82, 2.24) is 9.97 Å². The van der Waals surface area contributed by atoms with Gasteiger partial charge in [0.25, 0.3) is 0 Å². The summed E-state index contributed by atoms with van der Waals surface area (Å²) < 4.78 is 42.0. The minimum atomic E-state index is -4.58. The summed E-state index contributed by atoms with van der Waals surface area (Å²) in [5, 5.41) is 8.01. The predicted molar refractivity (Wildman–Crippen MR) is 129 cm³/mol. The zero-order valence-corrected chi connectivity index (χ0v) is 19.8. The molecule has 3 rings (SSSR count). The standard InChI is InChI=1S/C16H19N7O4S2.C2H6.H4N2/c17-6-7-28(24)11-5-4-8(12(15(18)19)14(11)29(25,26)27-21)9-2-1-3-10-13(9)23-16(20)22-10;2*1-2/h1-5H,6-7,17,21H2,(H3,18,19)(H3,20,22,23);1-2H3;1-2H2. The van der Waals surface area contributed by atoms with Crippen LogP contribution in [0.25, 0.3) is 22.2 Å². The molecular formula is C18H29N9O4S2. The summed E-state index contributed by atoms with van der Waals surface area (Å²) in [7, 11) is -6.37. The first kappa shape index (κ1) is 28.1. The number of para-hydroxylation sites is 1. The van der Waals surface area contributed by atoms with Crippen LogP contribution in [0.4, 0.5) is 5.95 Å². The SMILES string of the molecule is CC.N=C(N)c1c(-c2cccc3[nH]c(N)nc23)ccc(S(=O)CCN)c1S(=O)(=O)ON.NN. The molecule has 0 aliphatic rings. The molecule has 14 N–H and O–H groups in total. The van der Waals surface area contributed by atoms with E-state index < -0.39 is 31.6 Å². The lowest BCUT2D eigenvalue weighted by Gasteiger charge is -2.17. The molecule has 1 unspecified atom stereocenters. The van der Waals surface area contributed by atoms with Crippen LogP contribution in [0, 0.1) is 5.41 Å². The van der Waals surface area contributed by atoms with Gasteiger partial charge < -0.3 is 22.2 Å². The Morgan fingerprint density at radius 1 is 1.18 bits per heavy atom. The van der Waals surface area contributed by atoms with Crippen molar-refractivity contribution in [2.45, 2.75) is 23.6 Å². The number of benzene rings is 2. The van der Waals surface area contributed by atoms with Gasteiger partial charge in [0.2, 0.25) is 0 Å². The lowest BCUT2D eigenvalue weighted by Crippen LogP contribution is -2.23. The van der Waals surface area contributed by atoms with Crippen molar-refractivity contribution in [2.75, 3.05) is 18.0 Å². The second kappa shape index (κ2) is 12.4. The zero-order valence-electron chi connectivity index (χ0n) is 18.2. The Morgan fingerprint density at radius 3 is 2.36 bits per heavy atom. The van der Waals surface area contributed by atoms with Gasteiger partial charge in [-0.1, -0.05) is 32.0 Å². The van der Waals surface area contributed by atoms with Gasteiger partial charge in [0, 0.05) is 23.4 Å². The number of anilines is 1. The Kier molecular flexibility index (Phi) is 10.5. The highest BCUT2D eigenvalue weighted by Gasteiger charge is 2.30. The van der Waals surface area contributed by atoms with Crippen molar-refractivity contribution >= 4 is 43.7 Å². The molecule has 3 aromatic rings. The average molecular weight is 500 g/mol. The summed E-state index contributed by atoms with van der Waals surface area (Å²) >= 11 is 0. The first-order valence-corrected chi connectivity index (χ1v) is 12.2. The highest BCUT2D eigenvalue weighted by Crippen LogP contribution is 2.36. The molecule has 33 heavy (non-hydrogen) atoms. The molecule has 0 bridgehead atoms. The number of amidine groups is 1. The Hall–Kier alpha value is -2.92. The van der Waals surface area contributed by atoms with Crippen LogP contribution < -0.4 is 34.8 Å². The van der Waals surface area contributed by atoms with E-state index in [9.17, 15) is 12.6 Å². The molecule has 0 aliphatic heterocycles. The van der Waals surface area contributed by atoms with E-state index in [-0.39, 0.29) is 34.3 Å². The molecule has 1 atom stereocenters. The number of rotatable bonds is 7. The smallest absolute Gasteiger partial charge is 0.314 e. The number of nitrogen functional groups attached to an aromatic ring is 2. The maximum absolute atomic E-state index is 12.6. The van der Waals surface area contributed by atoms with Crippen LogP contribution in [0.2, 0.25) is 0 Å². The molecule has 0 radical (unpaired) electrons. The number of aromatic amines is 1. The Labute approximate surface area is 193 Å². The molecule has 2 aromatic carbocycles. The number of nitrogens with two attached hydrogens (primary N) is 6. The van der Waals surface area contributed by atoms with Crippen LogP contribution in [0.3, 0.4) is 0 Å². The third kappa shape index (κ3) is 5.91.